The average molecular weight is 353 g/mol. The highest BCUT2D eigenvalue weighted by Gasteiger charge is 2.35. The van der Waals surface area contributed by atoms with E-state index in [1.54, 1.807) is 17.0 Å². The maximum atomic E-state index is 12.2. The molecule has 1 saturated heterocycles. The third-order valence-corrected chi connectivity index (χ3v) is 4.68. The standard InChI is InChI=1S/C17H25ClN4O2/c1-17(2)11-22(8-7-14(17)19)15(23)10-21-16(24)20-9-12-3-5-13(18)6-4-12/h3-6,14H,7-11,19H2,1-2H3,(H2,20,21,24). The number of carbonyl (C=O) groups is 2. The summed E-state index contributed by atoms with van der Waals surface area (Å²) in [5.41, 5.74) is 6.91. The van der Waals surface area contributed by atoms with Crippen molar-refractivity contribution in [2.24, 2.45) is 11.1 Å². The van der Waals surface area contributed by atoms with Crippen LogP contribution in [-0.4, -0.2) is 42.5 Å². The van der Waals surface area contributed by atoms with Gasteiger partial charge in [-0.05, 0) is 29.5 Å². The van der Waals surface area contributed by atoms with Gasteiger partial charge in [0.15, 0.2) is 0 Å². The lowest BCUT2D eigenvalue weighted by Crippen LogP contribution is -2.55. The van der Waals surface area contributed by atoms with Gasteiger partial charge in [0.05, 0.1) is 6.54 Å². The van der Waals surface area contributed by atoms with E-state index in [4.69, 9.17) is 17.3 Å². The van der Waals surface area contributed by atoms with Crippen molar-refractivity contribution in [1.29, 1.82) is 0 Å². The van der Waals surface area contributed by atoms with Crippen molar-refractivity contribution in [3.8, 4) is 0 Å². The molecule has 0 spiro atoms. The molecule has 1 aromatic carbocycles. The van der Waals surface area contributed by atoms with Crippen molar-refractivity contribution in [3.63, 3.8) is 0 Å². The Morgan fingerprint density at radius 3 is 2.58 bits per heavy atom. The summed E-state index contributed by atoms with van der Waals surface area (Å²) in [6, 6.07) is 6.94. The van der Waals surface area contributed by atoms with Gasteiger partial charge in [0, 0.05) is 30.7 Å². The Morgan fingerprint density at radius 1 is 1.29 bits per heavy atom. The van der Waals surface area contributed by atoms with Crippen molar-refractivity contribution in [1.82, 2.24) is 15.5 Å². The van der Waals surface area contributed by atoms with Gasteiger partial charge >= 0.3 is 6.03 Å². The highest BCUT2D eigenvalue weighted by atomic mass is 35.5. The topological polar surface area (TPSA) is 87.5 Å². The van der Waals surface area contributed by atoms with Crippen LogP contribution in [0.3, 0.4) is 0 Å². The van der Waals surface area contributed by atoms with Gasteiger partial charge in [-0.3, -0.25) is 4.79 Å². The summed E-state index contributed by atoms with van der Waals surface area (Å²) in [5, 5.41) is 5.97. The zero-order valence-corrected chi connectivity index (χ0v) is 14.9. The summed E-state index contributed by atoms with van der Waals surface area (Å²) in [4.78, 5) is 25.8. The normalized spacial score (nSPS) is 19.7. The number of amides is 3. The van der Waals surface area contributed by atoms with E-state index < -0.39 is 0 Å². The van der Waals surface area contributed by atoms with Gasteiger partial charge < -0.3 is 21.3 Å². The van der Waals surface area contributed by atoms with E-state index in [1.165, 1.54) is 0 Å². The molecule has 1 aliphatic rings. The van der Waals surface area contributed by atoms with Crippen LogP contribution in [0.25, 0.3) is 0 Å². The number of nitrogens with one attached hydrogen (secondary N) is 2. The molecule has 24 heavy (non-hydrogen) atoms. The van der Waals surface area contributed by atoms with Gasteiger partial charge in [-0.25, -0.2) is 4.79 Å². The Bertz CT molecular complexity index is 589. The van der Waals surface area contributed by atoms with E-state index >= 15 is 0 Å². The number of benzene rings is 1. The minimum atomic E-state index is -0.369. The molecule has 0 bridgehead atoms. The average Bonchev–Trinajstić information content (AvgIpc) is 2.54. The van der Waals surface area contributed by atoms with Crippen LogP contribution in [0.2, 0.25) is 5.02 Å². The summed E-state index contributed by atoms with van der Waals surface area (Å²) in [7, 11) is 0. The zero-order chi connectivity index (χ0) is 17.7. The Morgan fingerprint density at radius 2 is 1.96 bits per heavy atom. The first-order chi connectivity index (χ1) is 11.3. The van der Waals surface area contributed by atoms with Gasteiger partial charge in [0.1, 0.15) is 0 Å². The lowest BCUT2D eigenvalue weighted by molar-refractivity contribution is -0.133. The molecule has 0 aromatic heterocycles. The van der Waals surface area contributed by atoms with Crippen LogP contribution >= 0.6 is 11.6 Å². The highest BCUT2D eigenvalue weighted by molar-refractivity contribution is 6.30. The van der Waals surface area contributed by atoms with Crippen molar-refractivity contribution in [3.05, 3.63) is 34.9 Å². The Kier molecular flexibility index (Phi) is 6.07. The Labute approximate surface area is 147 Å². The van der Waals surface area contributed by atoms with E-state index in [-0.39, 0.29) is 29.9 Å². The Balaban J connectivity index is 1.73. The molecule has 1 atom stereocenters. The van der Waals surface area contributed by atoms with Crippen LogP contribution in [0.1, 0.15) is 25.8 Å². The predicted molar refractivity (Wildman–Crippen MR) is 94.6 cm³/mol. The lowest BCUT2D eigenvalue weighted by Gasteiger charge is -2.42. The van der Waals surface area contributed by atoms with Crippen LogP contribution in [-0.2, 0) is 11.3 Å². The molecular weight excluding hydrogens is 328 g/mol. The quantitative estimate of drug-likeness (QED) is 0.771. The Hall–Kier alpha value is -1.79. The molecular formula is C17H25ClN4O2. The van der Waals surface area contributed by atoms with Crippen molar-refractivity contribution < 1.29 is 9.59 Å². The van der Waals surface area contributed by atoms with Gasteiger partial charge in [0.2, 0.25) is 5.91 Å². The number of hydrogen-bond donors (Lipinski definition) is 3. The monoisotopic (exact) mass is 352 g/mol. The molecule has 2 rings (SSSR count). The second kappa shape index (κ2) is 7.85. The number of nitrogens with two attached hydrogens (primary N) is 1. The van der Waals surface area contributed by atoms with Gasteiger partial charge in [-0.1, -0.05) is 37.6 Å². The van der Waals surface area contributed by atoms with E-state index in [0.717, 1.165) is 12.0 Å². The number of rotatable bonds is 4. The van der Waals surface area contributed by atoms with Crippen LogP contribution in [0.15, 0.2) is 24.3 Å². The molecule has 1 fully saturated rings. The van der Waals surface area contributed by atoms with Gasteiger partial charge in [-0.15, -0.1) is 0 Å². The first-order valence-electron chi connectivity index (χ1n) is 8.07. The molecule has 1 unspecified atom stereocenters. The van der Waals surface area contributed by atoms with E-state index in [2.05, 4.69) is 24.5 Å². The van der Waals surface area contributed by atoms with Gasteiger partial charge in [-0.2, -0.15) is 0 Å². The summed E-state index contributed by atoms with van der Waals surface area (Å²) >= 11 is 5.81. The van der Waals surface area contributed by atoms with Crippen molar-refractivity contribution in [2.45, 2.75) is 32.9 Å². The number of nitrogens with zero attached hydrogens (tertiary/aromatic N) is 1. The number of carbonyl (C=O) groups excluding carboxylic acids is 2. The summed E-state index contributed by atoms with van der Waals surface area (Å²) in [6.45, 7) is 5.73. The summed E-state index contributed by atoms with van der Waals surface area (Å²) in [5.74, 6) is -0.0865. The molecule has 3 amide bonds. The van der Waals surface area contributed by atoms with E-state index in [0.29, 0.717) is 24.7 Å². The molecule has 1 aromatic rings. The second-order valence-corrected chi connectivity index (χ2v) is 7.30. The highest BCUT2D eigenvalue weighted by Crippen LogP contribution is 2.27. The molecule has 4 N–H and O–H groups in total. The SMILES string of the molecule is CC1(C)CN(C(=O)CNC(=O)NCc2ccc(Cl)cc2)CCC1N. The van der Waals surface area contributed by atoms with Gasteiger partial charge in [0.25, 0.3) is 0 Å². The van der Waals surface area contributed by atoms with Crippen LogP contribution in [0.4, 0.5) is 4.79 Å². The fourth-order valence-corrected chi connectivity index (χ4v) is 2.83. The summed E-state index contributed by atoms with van der Waals surface area (Å²) < 4.78 is 0. The molecule has 7 heteroatoms. The molecule has 0 saturated carbocycles. The maximum absolute atomic E-state index is 12.2. The lowest BCUT2D eigenvalue weighted by atomic mass is 9.80. The molecule has 132 valence electrons. The van der Waals surface area contributed by atoms with Crippen molar-refractivity contribution in [2.75, 3.05) is 19.6 Å². The molecule has 1 heterocycles. The number of urea groups is 1. The fourth-order valence-electron chi connectivity index (χ4n) is 2.70. The minimum absolute atomic E-state index is 0.0161. The predicted octanol–water partition coefficient (Wildman–Crippen LogP) is 1.72. The second-order valence-electron chi connectivity index (χ2n) is 6.86. The third kappa shape index (κ3) is 5.11. The fraction of sp³-hybridized carbons (Fsp3) is 0.529. The first kappa shape index (κ1) is 18.5. The van der Waals surface area contributed by atoms with E-state index in [9.17, 15) is 9.59 Å². The summed E-state index contributed by atoms with van der Waals surface area (Å²) in [6.07, 6.45) is 0.779. The third-order valence-electron chi connectivity index (χ3n) is 4.43. The largest absolute Gasteiger partial charge is 0.341 e. The smallest absolute Gasteiger partial charge is 0.315 e. The minimum Gasteiger partial charge on any atom is -0.341 e. The van der Waals surface area contributed by atoms with Crippen LogP contribution < -0.4 is 16.4 Å². The number of halogens is 1. The zero-order valence-electron chi connectivity index (χ0n) is 14.1. The molecule has 6 nitrogen and oxygen atoms in total. The number of likely N-dealkylation sites (tertiary alicyclic amines) is 1. The van der Waals surface area contributed by atoms with Crippen LogP contribution in [0.5, 0.6) is 0 Å². The van der Waals surface area contributed by atoms with Crippen LogP contribution in [0, 0.1) is 5.41 Å². The van der Waals surface area contributed by atoms with Crippen molar-refractivity contribution >= 4 is 23.5 Å². The first-order valence-corrected chi connectivity index (χ1v) is 8.45. The molecule has 1 aliphatic heterocycles. The number of piperidine rings is 1. The van der Waals surface area contributed by atoms with E-state index in [1.807, 2.05) is 12.1 Å². The molecule has 0 aliphatic carbocycles. The molecule has 0 radical (unpaired) electrons. The number of hydrogen-bond acceptors (Lipinski definition) is 3. The maximum Gasteiger partial charge on any atom is 0.315 e.